The third kappa shape index (κ3) is 3.41. The van der Waals surface area contributed by atoms with Crippen LogP contribution in [0.1, 0.15) is 18.7 Å². The largest absolute Gasteiger partial charge is 0.481 e. The molecule has 1 atom stereocenters. The number of nitrogens with zero attached hydrogens (tertiary/aromatic N) is 3. The van der Waals surface area contributed by atoms with Crippen LogP contribution in [-0.2, 0) is 4.79 Å². The molecule has 3 aromatic rings. The lowest BCUT2D eigenvalue weighted by atomic mass is 10.1. The van der Waals surface area contributed by atoms with E-state index < -0.39 is 5.97 Å². The molecule has 0 saturated carbocycles. The van der Waals surface area contributed by atoms with Gasteiger partial charge in [0.2, 0.25) is 5.95 Å². The number of nitrogens with two attached hydrogens (primary N) is 1. The molecule has 0 amide bonds. The van der Waals surface area contributed by atoms with Crippen LogP contribution in [-0.4, -0.2) is 26.6 Å². The number of imidazole rings is 1. The van der Waals surface area contributed by atoms with E-state index in [0.717, 1.165) is 23.5 Å². The lowest BCUT2D eigenvalue weighted by Gasteiger charge is -2.24. The minimum Gasteiger partial charge on any atom is -0.481 e. The van der Waals surface area contributed by atoms with Crippen LogP contribution in [0.3, 0.4) is 0 Å². The van der Waals surface area contributed by atoms with Crippen LogP contribution in [0.25, 0.3) is 11.0 Å². The summed E-state index contributed by atoms with van der Waals surface area (Å²) in [6, 6.07) is 15.5. The minimum atomic E-state index is -0.833. The van der Waals surface area contributed by atoms with Gasteiger partial charge in [0.05, 0.1) is 11.0 Å². The zero-order valence-electron chi connectivity index (χ0n) is 13.3. The second-order valence-corrected chi connectivity index (χ2v) is 5.75. The maximum atomic E-state index is 9.00. The van der Waals surface area contributed by atoms with E-state index in [1.807, 2.05) is 53.1 Å². The van der Waals surface area contributed by atoms with Crippen LogP contribution in [0.5, 0.6) is 0 Å². The van der Waals surface area contributed by atoms with Crippen molar-refractivity contribution in [3.8, 4) is 0 Å². The summed E-state index contributed by atoms with van der Waals surface area (Å²) in [5.74, 6) is 0.177. The Morgan fingerprint density at radius 2 is 1.88 bits per heavy atom. The number of nitrogens with one attached hydrogen (secondary N) is 1. The van der Waals surface area contributed by atoms with Crippen LogP contribution >= 0.6 is 11.6 Å². The normalized spacial score (nSPS) is 15.4. The highest BCUT2D eigenvalue weighted by Crippen LogP contribution is 2.34. The second kappa shape index (κ2) is 6.82. The summed E-state index contributed by atoms with van der Waals surface area (Å²) < 4.78 is 2.01. The van der Waals surface area contributed by atoms with E-state index in [1.165, 1.54) is 0 Å². The lowest BCUT2D eigenvalue weighted by molar-refractivity contribution is -0.134. The topological polar surface area (TPSA) is 106 Å². The maximum Gasteiger partial charge on any atom is 0.300 e. The van der Waals surface area contributed by atoms with Gasteiger partial charge in [-0.1, -0.05) is 41.9 Å². The summed E-state index contributed by atoms with van der Waals surface area (Å²) in [4.78, 5) is 18.1. The van der Waals surface area contributed by atoms with Crippen LogP contribution in [0.15, 0.2) is 53.5 Å². The Hall–Kier alpha value is -3.06. The van der Waals surface area contributed by atoms with E-state index in [1.54, 1.807) is 0 Å². The van der Waals surface area contributed by atoms with E-state index in [2.05, 4.69) is 15.3 Å². The summed E-state index contributed by atoms with van der Waals surface area (Å²) in [5.41, 5.74) is 8.67. The van der Waals surface area contributed by atoms with Crippen LogP contribution < -0.4 is 11.1 Å². The summed E-state index contributed by atoms with van der Waals surface area (Å²) >= 11 is 6.33. The zero-order valence-corrected chi connectivity index (χ0v) is 14.1. The van der Waals surface area contributed by atoms with E-state index >= 15 is 0 Å². The molecule has 4 N–H and O–H groups in total. The number of aliphatic carboxylic acids is 1. The van der Waals surface area contributed by atoms with Crippen LogP contribution in [0.2, 0.25) is 5.02 Å². The average Bonchev–Trinajstić information content (AvgIpc) is 2.92. The van der Waals surface area contributed by atoms with Crippen LogP contribution in [0.4, 0.5) is 5.95 Å². The third-order valence-corrected chi connectivity index (χ3v) is 3.87. The molecule has 0 aliphatic carbocycles. The molecule has 8 heteroatoms. The first-order valence-corrected chi connectivity index (χ1v) is 7.86. The van der Waals surface area contributed by atoms with Gasteiger partial charge in [-0.15, -0.1) is 0 Å². The van der Waals surface area contributed by atoms with Gasteiger partial charge in [0.1, 0.15) is 0 Å². The number of anilines is 1. The summed E-state index contributed by atoms with van der Waals surface area (Å²) in [6.07, 6.45) is -0.317. The summed E-state index contributed by atoms with van der Waals surface area (Å²) in [5, 5.41) is 11.1. The number of hydrogen-bond acceptors (Lipinski definition) is 5. The molecule has 1 aromatic heterocycles. The molecule has 0 fully saturated rings. The first kappa shape index (κ1) is 16.8. The van der Waals surface area contributed by atoms with E-state index in [0.29, 0.717) is 16.9 Å². The molecule has 0 spiro atoms. The molecule has 2 aromatic carbocycles. The van der Waals surface area contributed by atoms with E-state index in [9.17, 15) is 0 Å². The Bertz CT molecular complexity index is 963. The number of carboxylic acid groups (broad SMARTS) is 1. The average molecular weight is 358 g/mol. The van der Waals surface area contributed by atoms with Crippen molar-refractivity contribution >= 4 is 40.5 Å². The molecule has 4 rings (SSSR count). The number of rotatable bonds is 1. The number of halogens is 1. The third-order valence-electron chi connectivity index (χ3n) is 3.53. The highest BCUT2D eigenvalue weighted by atomic mass is 35.5. The molecule has 0 radical (unpaired) electrons. The lowest BCUT2D eigenvalue weighted by Crippen LogP contribution is -2.31. The number of carboxylic acids is 1. The quantitative estimate of drug-likeness (QED) is 0.620. The number of benzene rings is 2. The highest BCUT2D eigenvalue weighted by Gasteiger charge is 2.26. The SMILES string of the molecule is CC(=O)O.NC1=NC(c2ccccc2Cl)n2c(nc3ccccc32)N1. The van der Waals surface area contributed by atoms with Gasteiger partial charge in [0.25, 0.3) is 5.97 Å². The summed E-state index contributed by atoms with van der Waals surface area (Å²) in [7, 11) is 0. The van der Waals surface area contributed by atoms with Gasteiger partial charge < -0.3 is 10.8 Å². The van der Waals surface area contributed by atoms with Gasteiger partial charge in [-0.3, -0.25) is 14.7 Å². The fourth-order valence-electron chi connectivity index (χ4n) is 2.61. The van der Waals surface area contributed by atoms with Crippen molar-refractivity contribution < 1.29 is 9.90 Å². The number of aliphatic imine (C=N–C) groups is 1. The Kier molecular flexibility index (Phi) is 4.58. The van der Waals surface area contributed by atoms with Crippen molar-refractivity contribution in [2.75, 3.05) is 5.32 Å². The molecule has 25 heavy (non-hydrogen) atoms. The fraction of sp³-hybridized carbons (Fsp3) is 0.118. The molecule has 1 unspecified atom stereocenters. The smallest absolute Gasteiger partial charge is 0.300 e. The minimum absolute atomic E-state index is 0.317. The Labute approximate surface area is 148 Å². The predicted octanol–water partition coefficient (Wildman–Crippen LogP) is 3.07. The van der Waals surface area contributed by atoms with Crippen molar-refractivity contribution in [2.24, 2.45) is 10.7 Å². The first-order chi connectivity index (χ1) is 12.0. The van der Waals surface area contributed by atoms with Gasteiger partial charge in [-0.2, -0.15) is 0 Å². The summed E-state index contributed by atoms with van der Waals surface area (Å²) in [6.45, 7) is 1.08. The number of aromatic nitrogens is 2. The second-order valence-electron chi connectivity index (χ2n) is 5.35. The van der Waals surface area contributed by atoms with Crippen molar-refractivity contribution in [1.82, 2.24) is 9.55 Å². The standard InChI is InChI=1S/C15H12ClN5.C2H4O2/c16-10-6-2-1-5-9(10)13-19-14(17)20-15-18-11-7-3-4-8-12(11)21(13)15;1-2(3)4/h1-8,13H,(H3,17,18,19,20);1H3,(H,3,4). The highest BCUT2D eigenvalue weighted by molar-refractivity contribution is 6.31. The maximum absolute atomic E-state index is 9.00. The van der Waals surface area contributed by atoms with Gasteiger partial charge in [-0.05, 0) is 18.2 Å². The van der Waals surface area contributed by atoms with Gasteiger partial charge in [0, 0.05) is 17.5 Å². The molecule has 2 heterocycles. The van der Waals surface area contributed by atoms with Crippen molar-refractivity contribution in [3.63, 3.8) is 0 Å². The van der Waals surface area contributed by atoms with Crippen molar-refractivity contribution in [2.45, 2.75) is 13.1 Å². The number of carbonyl (C=O) groups is 1. The molecular weight excluding hydrogens is 342 g/mol. The molecule has 1 aliphatic rings. The first-order valence-electron chi connectivity index (χ1n) is 7.48. The number of guanidine groups is 1. The van der Waals surface area contributed by atoms with E-state index in [-0.39, 0.29) is 6.17 Å². The number of hydrogen-bond donors (Lipinski definition) is 3. The Morgan fingerprint density at radius 3 is 2.60 bits per heavy atom. The molecule has 128 valence electrons. The fourth-order valence-corrected chi connectivity index (χ4v) is 2.84. The molecular formula is C17H16ClN5O2. The number of fused-ring (bicyclic) bond motifs is 3. The van der Waals surface area contributed by atoms with Gasteiger partial charge in [-0.25, -0.2) is 9.98 Å². The zero-order chi connectivity index (χ0) is 18.0. The Morgan fingerprint density at radius 1 is 1.24 bits per heavy atom. The predicted molar refractivity (Wildman–Crippen MR) is 97.9 cm³/mol. The van der Waals surface area contributed by atoms with Crippen molar-refractivity contribution in [3.05, 3.63) is 59.1 Å². The monoisotopic (exact) mass is 357 g/mol. The molecule has 0 saturated heterocycles. The molecule has 0 bridgehead atoms. The Balaban J connectivity index is 0.000000415. The van der Waals surface area contributed by atoms with Crippen molar-refractivity contribution in [1.29, 1.82) is 0 Å². The van der Waals surface area contributed by atoms with Gasteiger partial charge >= 0.3 is 0 Å². The van der Waals surface area contributed by atoms with E-state index in [4.69, 9.17) is 27.2 Å². The van der Waals surface area contributed by atoms with Gasteiger partial charge in [0.15, 0.2) is 12.1 Å². The molecule has 1 aliphatic heterocycles. The number of para-hydroxylation sites is 2. The molecule has 7 nitrogen and oxygen atoms in total. The van der Waals surface area contributed by atoms with Crippen LogP contribution in [0, 0.1) is 0 Å².